The van der Waals surface area contributed by atoms with Gasteiger partial charge in [0.15, 0.2) is 0 Å². The summed E-state index contributed by atoms with van der Waals surface area (Å²) >= 11 is 0. The zero-order valence-electron chi connectivity index (χ0n) is 14.8. The first-order valence-corrected chi connectivity index (χ1v) is 9.42. The molecule has 0 bridgehead atoms. The molecule has 1 heterocycles. The minimum absolute atomic E-state index is 0.116. The van der Waals surface area contributed by atoms with Crippen LogP contribution in [0.1, 0.15) is 31.2 Å². The molecule has 0 aliphatic carbocycles. The molecule has 132 valence electrons. The summed E-state index contributed by atoms with van der Waals surface area (Å²) in [6.07, 6.45) is 5.28. The topological polar surface area (TPSA) is 41.1 Å². The molecule has 3 rings (SSSR count). The van der Waals surface area contributed by atoms with Gasteiger partial charge in [0.1, 0.15) is 0 Å². The number of para-hydroxylation sites is 1. The SMILES string of the molecule is O=C1NC[C@H](CCNc2ccccc2)CCC[C@@H]1Cc1ccccc1. The molecule has 2 aromatic rings. The minimum Gasteiger partial charge on any atom is -0.385 e. The largest absolute Gasteiger partial charge is 0.385 e. The molecule has 2 aromatic carbocycles. The van der Waals surface area contributed by atoms with Crippen molar-refractivity contribution in [3.8, 4) is 0 Å². The van der Waals surface area contributed by atoms with Crippen LogP contribution in [0.2, 0.25) is 0 Å². The van der Waals surface area contributed by atoms with Crippen LogP contribution in [0.15, 0.2) is 60.7 Å². The Balaban J connectivity index is 1.43. The molecular formula is C22H28N2O. The third-order valence-electron chi connectivity index (χ3n) is 5.08. The van der Waals surface area contributed by atoms with E-state index in [0.717, 1.165) is 38.8 Å². The molecule has 1 aliphatic rings. The summed E-state index contributed by atoms with van der Waals surface area (Å²) in [5.74, 6) is 0.910. The van der Waals surface area contributed by atoms with Crippen molar-refractivity contribution in [3.63, 3.8) is 0 Å². The molecule has 0 radical (unpaired) electrons. The van der Waals surface area contributed by atoms with E-state index in [1.165, 1.54) is 17.7 Å². The van der Waals surface area contributed by atoms with E-state index >= 15 is 0 Å². The van der Waals surface area contributed by atoms with Crippen molar-refractivity contribution >= 4 is 11.6 Å². The molecule has 0 saturated carbocycles. The number of carbonyl (C=O) groups excluding carboxylic acids is 1. The zero-order chi connectivity index (χ0) is 17.3. The van der Waals surface area contributed by atoms with Crippen molar-refractivity contribution in [2.75, 3.05) is 18.4 Å². The second-order valence-electron chi connectivity index (χ2n) is 7.01. The Hall–Kier alpha value is -2.29. The van der Waals surface area contributed by atoms with E-state index in [4.69, 9.17) is 0 Å². The molecule has 2 N–H and O–H groups in total. The first-order chi connectivity index (χ1) is 12.3. The van der Waals surface area contributed by atoms with Crippen LogP contribution in [-0.4, -0.2) is 19.0 Å². The summed E-state index contributed by atoms with van der Waals surface area (Å²) in [6, 6.07) is 20.7. The second-order valence-corrected chi connectivity index (χ2v) is 7.01. The van der Waals surface area contributed by atoms with E-state index in [9.17, 15) is 4.79 Å². The predicted molar refractivity (Wildman–Crippen MR) is 104 cm³/mol. The van der Waals surface area contributed by atoms with Gasteiger partial charge in [-0.3, -0.25) is 4.79 Å². The van der Waals surface area contributed by atoms with Gasteiger partial charge < -0.3 is 10.6 Å². The number of hydrogen-bond acceptors (Lipinski definition) is 2. The Labute approximate surface area is 150 Å². The summed E-state index contributed by atoms with van der Waals surface area (Å²) in [6.45, 7) is 1.76. The Morgan fingerprint density at radius 1 is 0.960 bits per heavy atom. The van der Waals surface area contributed by atoms with Gasteiger partial charge >= 0.3 is 0 Å². The van der Waals surface area contributed by atoms with E-state index in [1.807, 2.05) is 36.4 Å². The highest BCUT2D eigenvalue weighted by atomic mass is 16.1. The van der Waals surface area contributed by atoms with E-state index < -0.39 is 0 Å². The van der Waals surface area contributed by atoms with E-state index in [2.05, 4.69) is 34.9 Å². The molecule has 0 unspecified atom stereocenters. The van der Waals surface area contributed by atoms with Gasteiger partial charge in [0.25, 0.3) is 0 Å². The lowest BCUT2D eigenvalue weighted by atomic mass is 9.88. The predicted octanol–water partition coefficient (Wildman–Crippen LogP) is 4.26. The molecule has 25 heavy (non-hydrogen) atoms. The number of rotatable bonds is 6. The molecule has 3 heteroatoms. The van der Waals surface area contributed by atoms with Crippen molar-refractivity contribution in [1.82, 2.24) is 5.32 Å². The van der Waals surface area contributed by atoms with Crippen LogP contribution >= 0.6 is 0 Å². The number of amides is 1. The molecule has 1 fully saturated rings. The zero-order valence-corrected chi connectivity index (χ0v) is 14.8. The third-order valence-corrected chi connectivity index (χ3v) is 5.08. The molecule has 1 amide bonds. The first-order valence-electron chi connectivity index (χ1n) is 9.42. The van der Waals surface area contributed by atoms with Gasteiger partial charge in [-0.05, 0) is 49.3 Å². The fourth-order valence-electron chi connectivity index (χ4n) is 3.59. The Bertz CT molecular complexity index is 642. The maximum atomic E-state index is 12.5. The van der Waals surface area contributed by atoms with E-state index in [1.54, 1.807) is 0 Å². The normalized spacial score (nSPS) is 21.0. The van der Waals surface area contributed by atoms with Gasteiger partial charge in [-0.2, -0.15) is 0 Å². The maximum Gasteiger partial charge on any atom is 0.223 e. The average molecular weight is 336 g/mol. The Kier molecular flexibility index (Phi) is 6.49. The number of carbonyl (C=O) groups is 1. The lowest BCUT2D eigenvalue weighted by molar-refractivity contribution is -0.125. The molecule has 3 nitrogen and oxygen atoms in total. The molecular weight excluding hydrogens is 308 g/mol. The van der Waals surface area contributed by atoms with Gasteiger partial charge in [-0.1, -0.05) is 55.0 Å². The molecule has 0 aromatic heterocycles. The number of nitrogens with one attached hydrogen (secondary N) is 2. The first kappa shape index (κ1) is 17.5. The highest BCUT2D eigenvalue weighted by Gasteiger charge is 2.23. The number of hydrogen-bond donors (Lipinski definition) is 2. The molecule has 1 saturated heterocycles. The van der Waals surface area contributed by atoms with Crippen LogP contribution in [0, 0.1) is 11.8 Å². The van der Waals surface area contributed by atoms with E-state index in [-0.39, 0.29) is 11.8 Å². The van der Waals surface area contributed by atoms with Crippen LogP contribution < -0.4 is 10.6 Å². The minimum atomic E-state index is 0.116. The van der Waals surface area contributed by atoms with Crippen LogP contribution in [0.25, 0.3) is 0 Å². The maximum absolute atomic E-state index is 12.5. The van der Waals surface area contributed by atoms with Gasteiger partial charge in [-0.15, -0.1) is 0 Å². The quantitative estimate of drug-likeness (QED) is 0.827. The summed E-state index contributed by atoms with van der Waals surface area (Å²) < 4.78 is 0. The number of anilines is 1. The fourth-order valence-corrected chi connectivity index (χ4v) is 3.59. The number of benzene rings is 2. The third kappa shape index (κ3) is 5.63. The van der Waals surface area contributed by atoms with Crippen molar-refractivity contribution < 1.29 is 4.79 Å². The summed E-state index contributed by atoms with van der Waals surface area (Å²) in [5, 5.41) is 6.65. The molecule has 1 aliphatic heterocycles. The average Bonchev–Trinajstić information content (AvgIpc) is 2.65. The van der Waals surface area contributed by atoms with Crippen molar-refractivity contribution in [2.24, 2.45) is 11.8 Å². The monoisotopic (exact) mass is 336 g/mol. The molecule has 0 spiro atoms. The van der Waals surface area contributed by atoms with Crippen LogP contribution in [0.5, 0.6) is 0 Å². The Morgan fingerprint density at radius 3 is 2.44 bits per heavy atom. The van der Waals surface area contributed by atoms with Crippen LogP contribution in [-0.2, 0) is 11.2 Å². The second kappa shape index (κ2) is 9.26. The van der Waals surface area contributed by atoms with Gasteiger partial charge in [0.2, 0.25) is 5.91 Å². The summed E-state index contributed by atoms with van der Waals surface area (Å²) in [7, 11) is 0. The van der Waals surface area contributed by atoms with Crippen molar-refractivity contribution in [3.05, 3.63) is 66.2 Å². The fraction of sp³-hybridized carbons (Fsp3) is 0.409. The standard InChI is InChI=1S/C22H28N2O/c25-22-20(16-18-8-3-1-4-9-18)11-7-10-19(17-24-22)14-15-23-21-12-5-2-6-13-21/h1-6,8-9,12-13,19-20,23H,7,10-11,14-17H2,(H,24,25)/t19-,20+/m0/s1. The molecule has 2 atom stereocenters. The Morgan fingerprint density at radius 2 is 1.68 bits per heavy atom. The van der Waals surface area contributed by atoms with Gasteiger partial charge in [0.05, 0.1) is 0 Å². The highest BCUT2D eigenvalue weighted by molar-refractivity contribution is 5.79. The van der Waals surface area contributed by atoms with Crippen LogP contribution in [0.4, 0.5) is 5.69 Å². The summed E-state index contributed by atoms with van der Waals surface area (Å²) in [5.41, 5.74) is 2.42. The lowest BCUT2D eigenvalue weighted by Crippen LogP contribution is -2.37. The smallest absolute Gasteiger partial charge is 0.223 e. The van der Waals surface area contributed by atoms with Crippen molar-refractivity contribution in [1.29, 1.82) is 0 Å². The summed E-state index contributed by atoms with van der Waals surface area (Å²) in [4.78, 5) is 12.5. The van der Waals surface area contributed by atoms with E-state index in [0.29, 0.717) is 5.92 Å². The lowest BCUT2D eigenvalue weighted by Gasteiger charge is -2.25. The van der Waals surface area contributed by atoms with Crippen molar-refractivity contribution in [2.45, 2.75) is 32.1 Å². The van der Waals surface area contributed by atoms with Crippen LogP contribution in [0.3, 0.4) is 0 Å². The van der Waals surface area contributed by atoms with Gasteiger partial charge in [-0.25, -0.2) is 0 Å². The highest BCUT2D eigenvalue weighted by Crippen LogP contribution is 2.22. The van der Waals surface area contributed by atoms with Gasteiger partial charge in [0, 0.05) is 24.7 Å².